The van der Waals surface area contributed by atoms with Crippen molar-refractivity contribution < 1.29 is 17.4 Å². The first kappa shape index (κ1) is 24.9. The van der Waals surface area contributed by atoms with Crippen molar-refractivity contribution in [1.82, 2.24) is 5.32 Å². The van der Waals surface area contributed by atoms with Gasteiger partial charge in [-0.2, -0.15) is 13.5 Å². The molecule has 0 radical (unpaired) electrons. The van der Waals surface area contributed by atoms with Gasteiger partial charge in [-0.25, -0.2) is 0 Å². The maximum absolute atomic E-state index is 12.9. The largest absolute Gasteiger partial charge is 0.378 e. The van der Waals surface area contributed by atoms with E-state index in [0.29, 0.717) is 19.7 Å². The normalized spacial score (nSPS) is 17.8. The molecule has 1 fully saturated rings. The van der Waals surface area contributed by atoms with E-state index < -0.39 is 10.1 Å². The molecule has 170 valence electrons. The van der Waals surface area contributed by atoms with Gasteiger partial charge in [0.2, 0.25) is 5.91 Å². The highest BCUT2D eigenvalue weighted by atomic mass is 79.9. The highest BCUT2D eigenvalue weighted by Gasteiger charge is 2.29. The number of aryl methyl sites for hydroxylation is 1. The number of hydrogen-bond acceptors (Lipinski definition) is 7. The lowest BCUT2D eigenvalue weighted by molar-refractivity contribution is -0.118. The number of amidine groups is 1. The van der Waals surface area contributed by atoms with Crippen LogP contribution in [0.15, 0.2) is 60.4 Å². The van der Waals surface area contributed by atoms with Crippen LogP contribution >= 0.6 is 43.6 Å². The van der Waals surface area contributed by atoms with Crippen molar-refractivity contribution in [2.75, 3.05) is 0 Å². The maximum Gasteiger partial charge on any atom is 0.340 e. The summed E-state index contributed by atoms with van der Waals surface area (Å²) >= 11 is 7.88. The maximum atomic E-state index is 12.9. The van der Waals surface area contributed by atoms with Crippen LogP contribution in [-0.4, -0.2) is 31.0 Å². The van der Waals surface area contributed by atoms with Crippen molar-refractivity contribution in [3.05, 3.63) is 56.5 Å². The third-order valence-corrected chi connectivity index (χ3v) is 8.33. The van der Waals surface area contributed by atoms with Crippen molar-refractivity contribution in [3.8, 4) is 5.75 Å². The molecule has 2 aromatic rings. The number of thioether (sulfide) groups is 1. The molecule has 0 unspecified atom stereocenters. The molecule has 1 amide bonds. The van der Waals surface area contributed by atoms with Gasteiger partial charge in [0.15, 0.2) is 10.9 Å². The van der Waals surface area contributed by atoms with Crippen molar-refractivity contribution in [1.29, 1.82) is 0 Å². The van der Waals surface area contributed by atoms with Crippen molar-refractivity contribution in [2.45, 2.75) is 43.3 Å². The summed E-state index contributed by atoms with van der Waals surface area (Å²) in [5.74, 6) is 0.0537. The Balaban J connectivity index is 1.81. The van der Waals surface area contributed by atoms with Crippen LogP contribution in [0.4, 0.5) is 0 Å². The van der Waals surface area contributed by atoms with Gasteiger partial charge in [0.25, 0.3) is 0 Å². The number of hydrogen-bond donors (Lipinski definition) is 1. The Morgan fingerprint density at radius 1 is 1.22 bits per heavy atom. The van der Waals surface area contributed by atoms with E-state index in [1.807, 2.05) is 6.92 Å². The summed E-state index contributed by atoms with van der Waals surface area (Å²) in [7, 11) is -4.10. The zero-order valence-corrected chi connectivity index (χ0v) is 22.1. The SMILES string of the molecule is CCCC[C@H]1SC(=NN=Cc2cc(C)ccc2OS(=O)(=O)c2cc(Br)ccc2Br)NC1=O. The molecule has 11 heteroatoms. The molecule has 1 aliphatic rings. The van der Waals surface area contributed by atoms with Crippen LogP contribution in [0.5, 0.6) is 5.75 Å². The van der Waals surface area contributed by atoms with E-state index in [-0.39, 0.29) is 21.8 Å². The molecule has 1 heterocycles. The second-order valence-corrected chi connectivity index (χ2v) is 11.5. The summed E-state index contributed by atoms with van der Waals surface area (Å²) < 4.78 is 32.1. The predicted molar refractivity (Wildman–Crippen MR) is 135 cm³/mol. The number of halogens is 2. The topological polar surface area (TPSA) is 97.2 Å². The highest BCUT2D eigenvalue weighted by molar-refractivity contribution is 9.11. The minimum atomic E-state index is -4.10. The van der Waals surface area contributed by atoms with E-state index in [4.69, 9.17) is 4.18 Å². The third-order valence-electron chi connectivity index (χ3n) is 4.47. The van der Waals surface area contributed by atoms with Crippen LogP contribution in [0.3, 0.4) is 0 Å². The van der Waals surface area contributed by atoms with Gasteiger partial charge < -0.3 is 9.50 Å². The Kier molecular flexibility index (Phi) is 8.54. The van der Waals surface area contributed by atoms with Gasteiger partial charge in [0.05, 0.1) is 11.5 Å². The predicted octanol–water partition coefficient (Wildman–Crippen LogP) is 5.40. The third kappa shape index (κ3) is 6.43. The second-order valence-electron chi connectivity index (χ2n) is 7.04. The molecule has 0 spiro atoms. The lowest BCUT2D eigenvalue weighted by atomic mass is 10.1. The van der Waals surface area contributed by atoms with E-state index in [0.717, 1.165) is 24.8 Å². The fourth-order valence-corrected chi connectivity index (χ4v) is 6.24. The van der Waals surface area contributed by atoms with Crippen LogP contribution in [-0.2, 0) is 14.9 Å². The zero-order chi connectivity index (χ0) is 23.3. The Morgan fingerprint density at radius 2 is 2.00 bits per heavy atom. The van der Waals surface area contributed by atoms with Crippen molar-refractivity contribution >= 4 is 71.0 Å². The summed E-state index contributed by atoms with van der Waals surface area (Å²) in [4.78, 5) is 12.0. The molecule has 0 bridgehead atoms. The molecule has 1 N–H and O–H groups in total. The Morgan fingerprint density at radius 3 is 2.75 bits per heavy atom. The Bertz CT molecular complexity index is 1180. The van der Waals surface area contributed by atoms with Gasteiger partial charge >= 0.3 is 10.1 Å². The number of unbranched alkanes of at least 4 members (excludes halogenated alkanes) is 1. The van der Waals surface area contributed by atoms with E-state index in [2.05, 4.69) is 54.3 Å². The molecule has 1 aliphatic heterocycles. The minimum Gasteiger partial charge on any atom is -0.378 e. The minimum absolute atomic E-state index is 0.00114. The monoisotopic (exact) mass is 601 g/mol. The van der Waals surface area contributed by atoms with Crippen LogP contribution < -0.4 is 9.50 Å². The van der Waals surface area contributed by atoms with Gasteiger partial charge in [-0.05, 0) is 59.6 Å². The average Bonchev–Trinajstić information content (AvgIpc) is 3.09. The van der Waals surface area contributed by atoms with Crippen LogP contribution in [0.1, 0.15) is 37.3 Å². The smallest absolute Gasteiger partial charge is 0.340 e. The number of amides is 1. The summed E-state index contributed by atoms with van der Waals surface area (Å²) in [6.07, 6.45) is 4.18. The van der Waals surface area contributed by atoms with Crippen LogP contribution in [0.2, 0.25) is 0 Å². The fraction of sp³-hybridized carbons (Fsp3) is 0.286. The lowest BCUT2D eigenvalue weighted by Gasteiger charge is -2.11. The summed E-state index contributed by atoms with van der Waals surface area (Å²) in [6, 6.07) is 9.86. The molecule has 3 rings (SSSR count). The molecule has 1 atom stereocenters. The van der Waals surface area contributed by atoms with Gasteiger partial charge in [0.1, 0.15) is 4.90 Å². The molecule has 2 aromatic carbocycles. The number of benzene rings is 2. The van der Waals surface area contributed by atoms with E-state index in [1.54, 1.807) is 30.3 Å². The summed E-state index contributed by atoms with van der Waals surface area (Å²) in [6.45, 7) is 3.95. The number of carbonyl (C=O) groups is 1. The lowest BCUT2D eigenvalue weighted by Crippen LogP contribution is -2.24. The van der Waals surface area contributed by atoms with Gasteiger partial charge in [-0.1, -0.05) is 59.1 Å². The quantitative estimate of drug-likeness (QED) is 0.248. The fourth-order valence-electron chi connectivity index (χ4n) is 2.85. The second kappa shape index (κ2) is 11.0. The Labute approximate surface area is 208 Å². The van der Waals surface area contributed by atoms with E-state index in [1.165, 1.54) is 24.0 Å². The molecule has 0 aliphatic carbocycles. The molecular formula is C21H21Br2N3O4S2. The Hall–Kier alpha value is -1.69. The molecule has 7 nitrogen and oxygen atoms in total. The summed E-state index contributed by atoms with van der Waals surface area (Å²) in [5, 5.41) is 11.1. The average molecular weight is 603 g/mol. The number of nitrogens with one attached hydrogen (secondary N) is 1. The van der Waals surface area contributed by atoms with Crippen molar-refractivity contribution in [2.24, 2.45) is 10.2 Å². The number of nitrogens with zero attached hydrogens (tertiary/aromatic N) is 2. The standard InChI is InChI=1S/C21H21Br2N3O4S2/c1-3-4-5-18-20(27)25-21(31-18)26-24-12-14-10-13(2)6-9-17(14)30-32(28,29)19-11-15(22)7-8-16(19)23/h6-12,18H,3-5H2,1-2H3,(H,25,26,27)/t18-/m1/s1. The van der Waals surface area contributed by atoms with Gasteiger partial charge in [-0.3, -0.25) is 4.79 Å². The number of rotatable bonds is 8. The van der Waals surface area contributed by atoms with Crippen LogP contribution in [0, 0.1) is 6.92 Å². The number of carbonyl (C=O) groups excluding carboxylic acids is 1. The van der Waals surface area contributed by atoms with E-state index in [9.17, 15) is 13.2 Å². The highest BCUT2D eigenvalue weighted by Crippen LogP contribution is 2.30. The first-order chi connectivity index (χ1) is 15.2. The van der Waals surface area contributed by atoms with Crippen LogP contribution in [0.25, 0.3) is 0 Å². The molecule has 0 saturated carbocycles. The van der Waals surface area contributed by atoms with Crippen molar-refractivity contribution in [3.63, 3.8) is 0 Å². The molecule has 1 saturated heterocycles. The van der Waals surface area contributed by atoms with Gasteiger partial charge in [0, 0.05) is 14.5 Å². The van der Waals surface area contributed by atoms with E-state index >= 15 is 0 Å². The molecule has 0 aromatic heterocycles. The zero-order valence-electron chi connectivity index (χ0n) is 17.3. The molecule has 32 heavy (non-hydrogen) atoms. The summed E-state index contributed by atoms with van der Waals surface area (Å²) in [5.41, 5.74) is 1.34. The molecular weight excluding hydrogens is 582 g/mol. The first-order valence-corrected chi connectivity index (χ1v) is 13.7. The first-order valence-electron chi connectivity index (χ1n) is 9.78. The van der Waals surface area contributed by atoms with Gasteiger partial charge in [-0.15, -0.1) is 5.10 Å².